The molecule has 1 aliphatic rings. The number of carbonyl (C=O) groups is 1. The summed E-state index contributed by atoms with van der Waals surface area (Å²) in [7, 11) is -3.21. The van der Waals surface area contributed by atoms with E-state index in [-0.39, 0.29) is 16.6 Å². The molecule has 1 amide bonds. The van der Waals surface area contributed by atoms with Crippen LogP contribution in [0.25, 0.3) is 0 Å². The van der Waals surface area contributed by atoms with Crippen molar-refractivity contribution >= 4 is 21.4 Å². The number of carbonyl (C=O) groups excluding carboxylic acids is 1. The van der Waals surface area contributed by atoms with Gasteiger partial charge in [0.05, 0.1) is 22.5 Å². The van der Waals surface area contributed by atoms with Crippen LogP contribution in [-0.4, -0.2) is 35.3 Å². The number of fused-ring (bicyclic) bond motifs is 1. The number of hydrogen-bond acceptors (Lipinski definition) is 4. The summed E-state index contributed by atoms with van der Waals surface area (Å²) in [4.78, 5) is 14.9. The zero-order chi connectivity index (χ0) is 12.8. The summed E-state index contributed by atoms with van der Waals surface area (Å²) in [6, 6.07) is 0. The molecule has 0 saturated heterocycles. The minimum absolute atomic E-state index is 0.0678. The highest BCUT2D eigenvalue weighted by atomic mass is 32.2. The molecule has 3 rings (SSSR count). The molecule has 2 aromatic rings. The van der Waals surface area contributed by atoms with E-state index >= 15 is 0 Å². The summed E-state index contributed by atoms with van der Waals surface area (Å²) in [6.07, 6.45) is 4.76. The minimum atomic E-state index is -3.21. The first-order chi connectivity index (χ1) is 8.58. The summed E-state index contributed by atoms with van der Waals surface area (Å²) in [5.74, 6) is -0.298. The summed E-state index contributed by atoms with van der Waals surface area (Å²) in [6.45, 7) is 0. The van der Waals surface area contributed by atoms with Gasteiger partial charge in [0.15, 0.2) is 9.84 Å². The summed E-state index contributed by atoms with van der Waals surface area (Å²) >= 11 is 0. The van der Waals surface area contributed by atoms with E-state index < -0.39 is 9.84 Å². The normalized spacial score (nSPS) is 16.4. The SMILES string of the molecule is O=C(Nc1cn[nH]c1)c1[nH]cc2c1CCS2(=O)=O. The van der Waals surface area contributed by atoms with Gasteiger partial charge >= 0.3 is 0 Å². The van der Waals surface area contributed by atoms with E-state index in [0.29, 0.717) is 23.4 Å². The molecule has 0 aliphatic carbocycles. The molecule has 0 spiro atoms. The van der Waals surface area contributed by atoms with Crippen LogP contribution in [0.15, 0.2) is 23.5 Å². The Morgan fingerprint density at radius 2 is 2.22 bits per heavy atom. The van der Waals surface area contributed by atoms with E-state index in [9.17, 15) is 13.2 Å². The number of aromatic amines is 2. The molecule has 3 heterocycles. The number of H-pyrrole nitrogens is 2. The Hall–Kier alpha value is -2.09. The first-order valence-corrected chi connectivity index (χ1v) is 6.96. The first-order valence-electron chi connectivity index (χ1n) is 5.31. The maximum Gasteiger partial charge on any atom is 0.272 e. The second kappa shape index (κ2) is 3.70. The number of nitrogens with zero attached hydrogens (tertiary/aromatic N) is 1. The van der Waals surface area contributed by atoms with Crippen molar-refractivity contribution in [2.45, 2.75) is 11.3 Å². The van der Waals surface area contributed by atoms with Gasteiger partial charge in [-0.2, -0.15) is 5.10 Å². The molecule has 94 valence electrons. The number of aromatic nitrogens is 3. The van der Waals surface area contributed by atoms with Gasteiger partial charge in [-0.15, -0.1) is 0 Å². The van der Waals surface area contributed by atoms with Gasteiger partial charge in [-0.1, -0.05) is 0 Å². The molecule has 2 aromatic heterocycles. The average molecular weight is 266 g/mol. The van der Waals surface area contributed by atoms with E-state index in [1.165, 1.54) is 18.6 Å². The lowest BCUT2D eigenvalue weighted by Crippen LogP contribution is -2.13. The lowest BCUT2D eigenvalue weighted by atomic mass is 10.2. The van der Waals surface area contributed by atoms with Crippen molar-refractivity contribution in [1.82, 2.24) is 15.2 Å². The van der Waals surface area contributed by atoms with E-state index in [2.05, 4.69) is 20.5 Å². The van der Waals surface area contributed by atoms with Crippen LogP contribution in [0, 0.1) is 0 Å². The van der Waals surface area contributed by atoms with E-state index in [4.69, 9.17) is 0 Å². The van der Waals surface area contributed by atoms with Crippen molar-refractivity contribution < 1.29 is 13.2 Å². The highest BCUT2D eigenvalue weighted by molar-refractivity contribution is 7.91. The Morgan fingerprint density at radius 1 is 1.39 bits per heavy atom. The Labute approximate surface area is 103 Å². The fraction of sp³-hybridized carbons (Fsp3) is 0.200. The molecule has 0 radical (unpaired) electrons. The van der Waals surface area contributed by atoms with Crippen LogP contribution in [0.4, 0.5) is 5.69 Å². The number of hydrogen-bond donors (Lipinski definition) is 3. The second-order valence-corrected chi connectivity index (χ2v) is 6.09. The monoisotopic (exact) mass is 266 g/mol. The van der Waals surface area contributed by atoms with Crippen LogP contribution in [0.5, 0.6) is 0 Å². The maximum atomic E-state index is 12.0. The molecular formula is C10H10N4O3S. The zero-order valence-corrected chi connectivity index (χ0v) is 10.0. The first kappa shape index (κ1) is 11.0. The average Bonchev–Trinajstić information content (AvgIpc) is 2.98. The lowest BCUT2D eigenvalue weighted by molar-refractivity contribution is 0.102. The van der Waals surface area contributed by atoms with Crippen LogP contribution in [-0.2, 0) is 16.3 Å². The number of sulfone groups is 1. The summed E-state index contributed by atoms with van der Waals surface area (Å²) in [5, 5.41) is 8.90. The Kier molecular flexibility index (Phi) is 2.27. The van der Waals surface area contributed by atoms with Crippen LogP contribution < -0.4 is 5.32 Å². The Morgan fingerprint density at radius 3 is 2.94 bits per heavy atom. The van der Waals surface area contributed by atoms with Crippen LogP contribution >= 0.6 is 0 Å². The number of rotatable bonds is 2. The van der Waals surface area contributed by atoms with Crippen molar-refractivity contribution in [1.29, 1.82) is 0 Å². The van der Waals surface area contributed by atoms with Crippen LogP contribution in [0.2, 0.25) is 0 Å². The van der Waals surface area contributed by atoms with Crippen molar-refractivity contribution in [3.63, 3.8) is 0 Å². The molecule has 8 heteroatoms. The fourth-order valence-corrected chi connectivity index (χ4v) is 3.53. The van der Waals surface area contributed by atoms with Gasteiger partial charge in [0.25, 0.3) is 5.91 Å². The molecule has 0 atom stereocenters. The lowest BCUT2D eigenvalue weighted by Gasteiger charge is -2.01. The Bertz CT molecular complexity index is 700. The number of amides is 1. The molecule has 1 aliphatic heterocycles. The predicted octanol–water partition coefficient (Wildman–Crippen LogP) is 0.320. The predicted molar refractivity (Wildman–Crippen MR) is 63.1 cm³/mol. The summed E-state index contributed by atoms with van der Waals surface area (Å²) in [5.41, 5.74) is 1.40. The van der Waals surface area contributed by atoms with Gasteiger partial charge in [0.2, 0.25) is 0 Å². The summed E-state index contributed by atoms with van der Waals surface area (Å²) < 4.78 is 23.3. The van der Waals surface area contributed by atoms with Gasteiger partial charge in [0, 0.05) is 18.0 Å². The Balaban J connectivity index is 1.93. The highest BCUT2D eigenvalue weighted by Gasteiger charge is 2.31. The van der Waals surface area contributed by atoms with Gasteiger partial charge in [0.1, 0.15) is 5.69 Å². The van der Waals surface area contributed by atoms with Crippen molar-refractivity contribution in [2.24, 2.45) is 0 Å². The third-order valence-corrected chi connectivity index (χ3v) is 4.66. The standard InChI is InChI=1S/C10H10N4O3S/c15-10(14-6-3-12-13-4-6)9-7-1-2-18(16,17)8(7)5-11-9/h3-5,11H,1-2H2,(H,12,13)(H,14,15). The van der Waals surface area contributed by atoms with Crippen LogP contribution in [0.3, 0.4) is 0 Å². The topological polar surface area (TPSA) is 108 Å². The highest BCUT2D eigenvalue weighted by Crippen LogP contribution is 2.28. The molecule has 0 aromatic carbocycles. The van der Waals surface area contributed by atoms with Gasteiger partial charge in [-0.25, -0.2) is 8.42 Å². The van der Waals surface area contributed by atoms with E-state index in [1.54, 1.807) is 0 Å². The molecule has 18 heavy (non-hydrogen) atoms. The second-order valence-electron chi connectivity index (χ2n) is 4.02. The largest absolute Gasteiger partial charge is 0.356 e. The van der Waals surface area contributed by atoms with Crippen molar-refractivity contribution in [2.75, 3.05) is 11.1 Å². The fourth-order valence-electron chi connectivity index (χ4n) is 2.02. The van der Waals surface area contributed by atoms with E-state index in [0.717, 1.165) is 0 Å². The number of nitrogens with one attached hydrogen (secondary N) is 3. The molecule has 0 bridgehead atoms. The number of anilines is 1. The van der Waals surface area contributed by atoms with Crippen molar-refractivity contribution in [3.05, 3.63) is 29.8 Å². The molecule has 7 nitrogen and oxygen atoms in total. The molecular weight excluding hydrogens is 256 g/mol. The molecule has 0 unspecified atom stereocenters. The van der Waals surface area contributed by atoms with Crippen molar-refractivity contribution in [3.8, 4) is 0 Å². The van der Waals surface area contributed by atoms with Crippen LogP contribution in [0.1, 0.15) is 16.1 Å². The van der Waals surface area contributed by atoms with Gasteiger partial charge in [-0.05, 0) is 6.42 Å². The minimum Gasteiger partial charge on any atom is -0.356 e. The molecule has 0 fully saturated rings. The smallest absolute Gasteiger partial charge is 0.272 e. The third kappa shape index (κ3) is 1.61. The maximum absolute atomic E-state index is 12.0. The third-order valence-electron chi connectivity index (χ3n) is 2.89. The van der Waals surface area contributed by atoms with Gasteiger partial charge in [-0.3, -0.25) is 9.89 Å². The van der Waals surface area contributed by atoms with Gasteiger partial charge < -0.3 is 10.3 Å². The zero-order valence-electron chi connectivity index (χ0n) is 9.23. The van der Waals surface area contributed by atoms with E-state index in [1.807, 2.05) is 0 Å². The molecule has 3 N–H and O–H groups in total. The molecule has 0 saturated carbocycles. The quantitative estimate of drug-likeness (QED) is 0.727.